The number of ketones is 2. The topological polar surface area (TPSA) is 159 Å². The number of phenols is 4. The minimum Gasteiger partial charge on any atom is -0.508 e. The predicted molar refractivity (Wildman–Crippen MR) is 161 cm³/mol. The van der Waals surface area contributed by atoms with Crippen LogP contribution in [-0.4, -0.2) is 48.9 Å². The molecule has 2 aliphatic rings. The van der Waals surface area contributed by atoms with Crippen LogP contribution in [0.2, 0.25) is 10.0 Å². The van der Waals surface area contributed by atoms with Gasteiger partial charge in [-0.15, -0.1) is 0 Å². The summed E-state index contributed by atoms with van der Waals surface area (Å²) in [6.45, 7) is 1.40. The zero-order chi connectivity index (χ0) is 31.4. The van der Waals surface area contributed by atoms with Crippen LogP contribution in [-0.2, 0) is 12.8 Å². The summed E-state index contributed by atoms with van der Waals surface area (Å²) in [5, 5.41) is 49.2. The van der Waals surface area contributed by atoms with E-state index in [1.54, 1.807) is 12.1 Å². The molecule has 1 aromatic heterocycles. The van der Waals surface area contributed by atoms with Crippen molar-refractivity contribution >= 4 is 45.5 Å². The van der Waals surface area contributed by atoms with Crippen molar-refractivity contribution in [1.82, 2.24) is 9.78 Å². The summed E-state index contributed by atoms with van der Waals surface area (Å²) in [5.74, 6) is -3.69. The lowest BCUT2D eigenvalue weighted by molar-refractivity contribution is 0.0971. The van der Waals surface area contributed by atoms with Gasteiger partial charge in [-0.05, 0) is 49.6 Å². The number of halogens is 2. The number of phenolic OH excluding ortho intramolecular Hbond substituents is 4. The van der Waals surface area contributed by atoms with Crippen LogP contribution in [0.15, 0.2) is 41.3 Å². The molecule has 12 heteroatoms. The molecule has 0 aliphatic heterocycles. The number of nitrogens with zero attached hydrogens (tertiary/aromatic N) is 2. The van der Waals surface area contributed by atoms with Crippen LogP contribution in [0.4, 0.5) is 0 Å². The molecule has 0 saturated heterocycles. The number of benzene rings is 4. The van der Waals surface area contributed by atoms with E-state index >= 15 is 0 Å². The molecule has 0 unspecified atom stereocenters. The summed E-state index contributed by atoms with van der Waals surface area (Å²) in [4.78, 5) is 41.4. The van der Waals surface area contributed by atoms with E-state index < -0.39 is 45.7 Å². The van der Waals surface area contributed by atoms with Gasteiger partial charge >= 0.3 is 0 Å². The molecular weight excluding hydrogens is 611 g/mol. The van der Waals surface area contributed by atoms with Gasteiger partial charge in [0.05, 0.1) is 45.4 Å². The minimum absolute atomic E-state index is 0.0120. The van der Waals surface area contributed by atoms with E-state index in [1.807, 2.05) is 0 Å². The molecule has 4 aromatic carbocycles. The molecular formula is C32H20Cl2N2O8. The third-order valence-corrected chi connectivity index (χ3v) is 8.97. The van der Waals surface area contributed by atoms with Crippen LogP contribution in [0, 0.1) is 6.92 Å². The van der Waals surface area contributed by atoms with Gasteiger partial charge in [-0.1, -0.05) is 29.3 Å². The number of carbonyl (C=O) groups is 2. The second-order valence-electron chi connectivity index (χ2n) is 10.6. The van der Waals surface area contributed by atoms with Crippen LogP contribution >= 0.6 is 23.2 Å². The Labute approximate surface area is 257 Å². The average molecular weight is 631 g/mol. The van der Waals surface area contributed by atoms with Gasteiger partial charge in [-0.25, -0.2) is 0 Å². The van der Waals surface area contributed by atoms with Crippen molar-refractivity contribution in [3.63, 3.8) is 0 Å². The number of methoxy groups -OCH3 is 1. The van der Waals surface area contributed by atoms with Crippen LogP contribution in [0.25, 0.3) is 27.6 Å². The zero-order valence-electron chi connectivity index (χ0n) is 23.0. The van der Waals surface area contributed by atoms with E-state index in [-0.39, 0.29) is 66.7 Å². The van der Waals surface area contributed by atoms with Gasteiger partial charge in [0.25, 0.3) is 5.56 Å². The molecule has 10 nitrogen and oxygen atoms in total. The van der Waals surface area contributed by atoms with E-state index in [1.165, 1.54) is 32.4 Å². The highest BCUT2D eigenvalue weighted by atomic mass is 35.5. The van der Waals surface area contributed by atoms with Gasteiger partial charge in [-0.3, -0.25) is 14.4 Å². The quantitative estimate of drug-likeness (QED) is 0.197. The van der Waals surface area contributed by atoms with Gasteiger partial charge in [0.2, 0.25) is 5.78 Å². The van der Waals surface area contributed by atoms with Crippen LogP contribution in [0.1, 0.15) is 48.5 Å². The maximum Gasteiger partial charge on any atom is 0.283 e. The van der Waals surface area contributed by atoms with Gasteiger partial charge in [0.1, 0.15) is 34.4 Å². The molecule has 0 fully saturated rings. The average Bonchev–Trinajstić information content (AvgIpc) is 2.99. The number of hydrogen-bond acceptors (Lipinski definition) is 9. The van der Waals surface area contributed by atoms with Crippen LogP contribution in [0.5, 0.6) is 28.7 Å². The number of aryl methyl sites for hydroxylation is 1. The highest BCUT2D eigenvalue weighted by Crippen LogP contribution is 2.54. The standard InChI is InChI=1S/C32H20Cl2N2O8/c1-11-18(37)9-15-22(26(11)38)30(42)24-23(27(15)39)29(41)21-14(31(24)44-2)7-6-12-8-13-10-35-36(25-16(33)4-3-5-17(25)34)32(43)20(13)28(40)19(12)21/h3-5,8-10,37-38,40-41H,6-7H2,1-2H3. The SMILES string of the molecule is COc1c2c(c(O)c3c1C(=O)c1c(cc(O)c(C)c1O)C3=O)-c1c(cc3cnn(-c4c(Cl)cccc4Cl)c(=O)c3c1O)CC2. The van der Waals surface area contributed by atoms with Crippen molar-refractivity contribution in [2.75, 3.05) is 7.11 Å². The molecule has 4 N–H and O–H groups in total. The fourth-order valence-corrected chi connectivity index (χ4v) is 6.85. The number of ether oxygens (including phenoxy) is 1. The highest BCUT2D eigenvalue weighted by Gasteiger charge is 2.42. The Balaban J connectivity index is 1.55. The number of carbonyl (C=O) groups excluding carboxylic acids is 2. The zero-order valence-corrected chi connectivity index (χ0v) is 24.5. The molecule has 0 saturated carbocycles. The number of hydrogen-bond donors (Lipinski definition) is 4. The first kappa shape index (κ1) is 27.8. The Bertz CT molecular complexity index is 2240. The van der Waals surface area contributed by atoms with Crippen LogP contribution < -0.4 is 10.3 Å². The van der Waals surface area contributed by atoms with E-state index in [2.05, 4.69) is 5.10 Å². The Morgan fingerprint density at radius 1 is 0.841 bits per heavy atom. The molecule has 0 atom stereocenters. The van der Waals surface area contributed by atoms with Gasteiger partial charge < -0.3 is 25.2 Å². The number of aromatic nitrogens is 2. The molecule has 7 rings (SSSR count). The van der Waals surface area contributed by atoms with E-state index in [0.29, 0.717) is 22.9 Å². The fourth-order valence-electron chi connectivity index (χ4n) is 6.29. The molecule has 0 radical (unpaired) electrons. The summed E-state index contributed by atoms with van der Waals surface area (Å²) in [7, 11) is 1.30. The Morgan fingerprint density at radius 2 is 1.55 bits per heavy atom. The molecule has 1 heterocycles. The first-order chi connectivity index (χ1) is 21.0. The summed E-state index contributed by atoms with van der Waals surface area (Å²) in [6, 6.07) is 7.40. The van der Waals surface area contributed by atoms with Crippen molar-refractivity contribution in [3.8, 4) is 45.6 Å². The molecule has 44 heavy (non-hydrogen) atoms. The lowest BCUT2D eigenvalue weighted by Gasteiger charge is -2.29. The highest BCUT2D eigenvalue weighted by molar-refractivity contribution is 6.37. The van der Waals surface area contributed by atoms with Gasteiger partial charge in [-0.2, -0.15) is 9.78 Å². The van der Waals surface area contributed by atoms with Crippen molar-refractivity contribution in [3.05, 3.63) is 95.9 Å². The third-order valence-electron chi connectivity index (χ3n) is 8.36. The van der Waals surface area contributed by atoms with Crippen LogP contribution in [0.3, 0.4) is 0 Å². The number of rotatable bonds is 2. The number of fused-ring (bicyclic) bond motifs is 6. The lowest BCUT2D eigenvalue weighted by atomic mass is 9.75. The first-order valence-electron chi connectivity index (χ1n) is 13.3. The van der Waals surface area contributed by atoms with Gasteiger partial charge in [0.15, 0.2) is 5.78 Å². The summed E-state index contributed by atoms with van der Waals surface area (Å²) >= 11 is 12.7. The van der Waals surface area contributed by atoms with Crippen molar-refractivity contribution < 1.29 is 34.8 Å². The maximum absolute atomic E-state index is 13.8. The maximum atomic E-state index is 13.8. The largest absolute Gasteiger partial charge is 0.508 e. The summed E-state index contributed by atoms with van der Waals surface area (Å²) in [6.07, 6.45) is 1.95. The number of aromatic hydroxyl groups is 4. The van der Waals surface area contributed by atoms with Crippen molar-refractivity contribution in [2.45, 2.75) is 19.8 Å². The molecule has 220 valence electrons. The molecule has 2 aliphatic carbocycles. The monoisotopic (exact) mass is 630 g/mol. The first-order valence-corrected chi connectivity index (χ1v) is 14.1. The normalized spacial score (nSPS) is 13.4. The smallest absolute Gasteiger partial charge is 0.283 e. The predicted octanol–water partition coefficient (Wildman–Crippen LogP) is 5.37. The van der Waals surface area contributed by atoms with E-state index in [4.69, 9.17) is 27.9 Å². The summed E-state index contributed by atoms with van der Waals surface area (Å²) < 4.78 is 6.63. The van der Waals surface area contributed by atoms with E-state index in [9.17, 15) is 34.8 Å². The number of para-hydroxylation sites is 1. The Morgan fingerprint density at radius 3 is 2.23 bits per heavy atom. The molecule has 0 amide bonds. The lowest BCUT2D eigenvalue weighted by Crippen LogP contribution is -2.25. The Kier molecular flexibility index (Phi) is 5.97. The third kappa shape index (κ3) is 3.49. The van der Waals surface area contributed by atoms with Crippen molar-refractivity contribution in [1.29, 1.82) is 0 Å². The van der Waals surface area contributed by atoms with Gasteiger partial charge in [0, 0.05) is 33.2 Å². The molecule has 0 bridgehead atoms. The minimum atomic E-state index is -0.842. The van der Waals surface area contributed by atoms with Crippen molar-refractivity contribution in [2.24, 2.45) is 0 Å². The molecule has 5 aromatic rings. The van der Waals surface area contributed by atoms with E-state index in [0.717, 1.165) is 10.7 Å². The molecule has 0 spiro atoms. The second kappa shape index (κ2) is 9.47. The summed E-state index contributed by atoms with van der Waals surface area (Å²) in [5.41, 5.74) is -0.907. The fraction of sp³-hybridized carbons (Fsp3) is 0.125. The Hall–Kier alpha value is -5.06. The second-order valence-corrected chi connectivity index (χ2v) is 11.4.